The fourth-order valence-corrected chi connectivity index (χ4v) is 2.30. The summed E-state index contributed by atoms with van der Waals surface area (Å²) in [6, 6.07) is 13.6. The van der Waals surface area contributed by atoms with E-state index in [2.05, 4.69) is 5.32 Å². The van der Waals surface area contributed by atoms with Crippen LogP contribution in [0.3, 0.4) is 0 Å². The highest BCUT2D eigenvalue weighted by Crippen LogP contribution is 2.23. The van der Waals surface area contributed by atoms with Gasteiger partial charge in [-0.15, -0.1) is 0 Å². The Kier molecular flexibility index (Phi) is 5.08. The first kappa shape index (κ1) is 14.2. The van der Waals surface area contributed by atoms with Gasteiger partial charge in [0, 0.05) is 35.0 Å². The lowest BCUT2D eigenvalue weighted by molar-refractivity contribution is 0.185. The molecule has 0 aromatic heterocycles. The second-order valence-electron chi connectivity index (χ2n) is 4.18. The van der Waals surface area contributed by atoms with Gasteiger partial charge < -0.3 is 10.1 Å². The van der Waals surface area contributed by atoms with Gasteiger partial charge in [0.2, 0.25) is 0 Å². The Morgan fingerprint density at radius 1 is 1.05 bits per heavy atom. The number of ether oxygens (including phenoxy) is 1. The number of nitrogens with one attached hydrogen (secondary N) is 1. The van der Waals surface area contributed by atoms with Gasteiger partial charge in [0.25, 0.3) is 0 Å². The van der Waals surface area contributed by atoms with Crippen LogP contribution in [-0.2, 0) is 17.9 Å². The average Bonchev–Trinajstić information content (AvgIpc) is 2.40. The highest BCUT2D eigenvalue weighted by Gasteiger charge is 2.04. The molecule has 100 valence electrons. The Balaban J connectivity index is 2.10. The van der Waals surface area contributed by atoms with Crippen molar-refractivity contribution in [2.24, 2.45) is 0 Å². The first-order valence-electron chi connectivity index (χ1n) is 5.95. The largest absolute Gasteiger partial charge is 0.381 e. The maximum atomic E-state index is 6.15. The minimum absolute atomic E-state index is 0.581. The zero-order chi connectivity index (χ0) is 13.7. The van der Waals surface area contributed by atoms with Crippen molar-refractivity contribution >= 4 is 28.9 Å². The fourth-order valence-electron chi connectivity index (χ4n) is 1.83. The summed E-state index contributed by atoms with van der Waals surface area (Å²) in [5.41, 5.74) is 3.18. The maximum absolute atomic E-state index is 6.15. The van der Waals surface area contributed by atoms with E-state index in [9.17, 15) is 0 Å². The Labute approximate surface area is 123 Å². The van der Waals surface area contributed by atoms with Crippen molar-refractivity contribution in [3.8, 4) is 0 Å². The van der Waals surface area contributed by atoms with Gasteiger partial charge in [-0.1, -0.05) is 47.5 Å². The number of para-hydroxylation sites is 1. The molecule has 0 bridgehead atoms. The van der Waals surface area contributed by atoms with Crippen LogP contribution < -0.4 is 5.32 Å². The molecule has 0 fully saturated rings. The molecule has 0 atom stereocenters. The lowest BCUT2D eigenvalue weighted by Gasteiger charge is -2.12. The molecule has 2 nitrogen and oxygen atoms in total. The SMILES string of the molecule is COCc1ccccc1NCc1ccc(Cl)cc1Cl. The molecule has 2 aromatic rings. The van der Waals surface area contributed by atoms with E-state index < -0.39 is 0 Å². The van der Waals surface area contributed by atoms with Gasteiger partial charge in [0.05, 0.1) is 6.61 Å². The molecule has 0 unspecified atom stereocenters. The van der Waals surface area contributed by atoms with Crippen LogP contribution in [0, 0.1) is 0 Å². The molecule has 0 aliphatic heterocycles. The molecule has 0 saturated heterocycles. The van der Waals surface area contributed by atoms with Crippen LogP contribution in [0.1, 0.15) is 11.1 Å². The van der Waals surface area contributed by atoms with Crippen LogP contribution in [0.4, 0.5) is 5.69 Å². The second-order valence-corrected chi connectivity index (χ2v) is 5.02. The molecule has 0 radical (unpaired) electrons. The number of methoxy groups -OCH3 is 1. The van der Waals surface area contributed by atoms with E-state index in [4.69, 9.17) is 27.9 Å². The molecule has 0 aliphatic carbocycles. The summed E-state index contributed by atoms with van der Waals surface area (Å²) in [5.74, 6) is 0. The number of halogens is 2. The highest BCUT2D eigenvalue weighted by molar-refractivity contribution is 6.35. The summed E-state index contributed by atoms with van der Waals surface area (Å²) < 4.78 is 5.18. The molecule has 4 heteroatoms. The first-order valence-corrected chi connectivity index (χ1v) is 6.71. The Hall–Kier alpha value is -1.22. The van der Waals surface area contributed by atoms with Gasteiger partial charge in [-0.05, 0) is 23.8 Å². The number of benzene rings is 2. The van der Waals surface area contributed by atoms with Gasteiger partial charge in [0.1, 0.15) is 0 Å². The predicted molar refractivity (Wildman–Crippen MR) is 80.9 cm³/mol. The molecule has 19 heavy (non-hydrogen) atoms. The lowest BCUT2D eigenvalue weighted by Crippen LogP contribution is -2.03. The smallest absolute Gasteiger partial charge is 0.0733 e. The van der Waals surface area contributed by atoms with Crippen molar-refractivity contribution in [1.29, 1.82) is 0 Å². The molecule has 0 aliphatic rings. The summed E-state index contributed by atoms with van der Waals surface area (Å²) in [6.45, 7) is 1.23. The van der Waals surface area contributed by atoms with E-state index in [1.54, 1.807) is 13.2 Å². The van der Waals surface area contributed by atoms with Crippen LogP contribution >= 0.6 is 23.2 Å². The van der Waals surface area contributed by atoms with Crippen LogP contribution in [0.2, 0.25) is 10.0 Å². The van der Waals surface area contributed by atoms with Gasteiger partial charge in [-0.2, -0.15) is 0 Å². The zero-order valence-corrected chi connectivity index (χ0v) is 12.1. The molecule has 2 rings (SSSR count). The summed E-state index contributed by atoms with van der Waals surface area (Å²) in [5, 5.41) is 4.68. The lowest BCUT2D eigenvalue weighted by atomic mass is 10.1. The molecule has 0 heterocycles. The van der Waals surface area contributed by atoms with Crippen LogP contribution in [0.5, 0.6) is 0 Å². The van der Waals surface area contributed by atoms with Crippen LogP contribution in [-0.4, -0.2) is 7.11 Å². The topological polar surface area (TPSA) is 21.3 Å². The van der Waals surface area contributed by atoms with Crippen molar-refractivity contribution in [3.05, 3.63) is 63.6 Å². The van der Waals surface area contributed by atoms with E-state index in [-0.39, 0.29) is 0 Å². The number of anilines is 1. The fraction of sp³-hybridized carbons (Fsp3) is 0.200. The van der Waals surface area contributed by atoms with Crippen LogP contribution in [0.15, 0.2) is 42.5 Å². The quantitative estimate of drug-likeness (QED) is 0.859. The van der Waals surface area contributed by atoms with Crippen LogP contribution in [0.25, 0.3) is 0 Å². The zero-order valence-electron chi connectivity index (χ0n) is 10.6. The second kappa shape index (κ2) is 6.80. The van der Waals surface area contributed by atoms with Crippen molar-refractivity contribution in [1.82, 2.24) is 0 Å². The summed E-state index contributed by atoms with van der Waals surface area (Å²) in [4.78, 5) is 0. The molecule has 0 amide bonds. The number of hydrogen-bond acceptors (Lipinski definition) is 2. The third-order valence-electron chi connectivity index (χ3n) is 2.80. The minimum Gasteiger partial charge on any atom is -0.381 e. The van der Waals surface area contributed by atoms with E-state index in [0.717, 1.165) is 16.8 Å². The van der Waals surface area contributed by atoms with Crippen molar-refractivity contribution in [2.75, 3.05) is 12.4 Å². The number of rotatable bonds is 5. The van der Waals surface area contributed by atoms with E-state index in [1.807, 2.05) is 36.4 Å². The first-order chi connectivity index (χ1) is 9.20. The van der Waals surface area contributed by atoms with Crippen molar-refractivity contribution < 1.29 is 4.74 Å². The van der Waals surface area contributed by atoms with E-state index in [1.165, 1.54) is 0 Å². The molecule has 0 saturated carbocycles. The Morgan fingerprint density at radius 2 is 1.84 bits per heavy atom. The number of hydrogen-bond donors (Lipinski definition) is 1. The maximum Gasteiger partial charge on any atom is 0.0733 e. The Bertz CT molecular complexity index is 558. The summed E-state index contributed by atoms with van der Waals surface area (Å²) >= 11 is 12.0. The molecule has 2 aromatic carbocycles. The van der Waals surface area contributed by atoms with Crippen molar-refractivity contribution in [2.45, 2.75) is 13.2 Å². The third-order valence-corrected chi connectivity index (χ3v) is 3.39. The average molecular weight is 296 g/mol. The third kappa shape index (κ3) is 3.87. The van der Waals surface area contributed by atoms with Gasteiger partial charge >= 0.3 is 0 Å². The molecule has 0 spiro atoms. The summed E-state index contributed by atoms with van der Waals surface area (Å²) in [6.07, 6.45) is 0. The Morgan fingerprint density at radius 3 is 2.58 bits per heavy atom. The highest BCUT2D eigenvalue weighted by atomic mass is 35.5. The minimum atomic E-state index is 0.581. The molecular weight excluding hydrogens is 281 g/mol. The predicted octanol–water partition coefficient (Wildman–Crippen LogP) is 4.75. The monoisotopic (exact) mass is 295 g/mol. The van der Waals surface area contributed by atoms with Gasteiger partial charge in [-0.3, -0.25) is 0 Å². The van der Waals surface area contributed by atoms with Crippen molar-refractivity contribution in [3.63, 3.8) is 0 Å². The van der Waals surface area contributed by atoms with Gasteiger partial charge in [-0.25, -0.2) is 0 Å². The van der Waals surface area contributed by atoms with E-state index >= 15 is 0 Å². The summed E-state index contributed by atoms with van der Waals surface area (Å²) in [7, 11) is 1.69. The van der Waals surface area contributed by atoms with Gasteiger partial charge in [0.15, 0.2) is 0 Å². The van der Waals surface area contributed by atoms with E-state index in [0.29, 0.717) is 23.2 Å². The molecule has 1 N–H and O–H groups in total. The molecular formula is C15H15Cl2NO. The standard InChI is InChI=1S/C15H15Cl2NO/c1-19-10-12-4-2-3-5-15(12)18-9-11-6-7-13(16)8-14(11)17/h2-8,18H,9-10H2,1H3. The normalized spacial score (nSPS) is 10.5.